The molecule has 0 saturated carbocycles. The van der Waals surface area contributed by atoms with Gasteiger partial charge >= 0.3 is 43.2 Å². The van der Waals surface area contributed by atoms with Crippen molar-refractivity contribution in [3.8, 4) is 22.9 Å². The van der Waals surface area contributed by atoms with Crippen molar-refractivity contribution < 1.29 is 90.3 Å². The summed E-state index contributed by atoms with van der Waals surface area (Å²) in [6.07, 6.45) is -8.98. The van der Waals surface area contributed by atoms with Crippen LogP contribution in [-0.4, -0.2) is 53.3 Å². The van der Waals surface area contributed by atoms with Crippen molar-refractivity contribution in [2.45, 2.75) is 55.1 Å². The maximum absolute atomic E-state index is 12.7. The Morgan fingerprint density at radius 2 is 1.05 bits per heavy atom. The number of ether oxygens (including phenoxy) is 2. The summed E-state index contributed by atoms with van der Waals surface area (Å²) in [6, 6.07) is 19.6. The van der Waals surface area contributed by atoms with E-state index in [4.69, 9.17) is 20.4 Å². The van der Waals surface area contributed by atoms with E-state index in [1.807, 2.05) is 6.92 Å². The van der Waals surface area contributed by atoms with Crippen molar-refractivity contribution >= 4 is 44.5 Å². The molecule has 2 aromatic heterocycles. The molecule has 0 N–H and O–H groups in total. The zero-order valence-electron chi connectivity index (χ0n) is 33.1. The predicted molar refractivity (Wildman–Crippen MR) is 213 cm³/mol. The van der Waals surface area contributed by atoms with E-state index in [0.717, 1.165) is 59.8 Å². The molecule has 0 aliphatic carbocycles. The monoisotopic (exact) mass is 936 g/mol. The van der Waals surface area contributed by atoms with Gasteiger partial charge in [0.2, 0.25) is 11.8 Å². The second kappa shape index (κ2) is 22.9. The quantitative estimate of drug-likeness (QED) is 0.0469. The molecular weight excluding hydrogens is 901 g/mol. The minimum absolute atomic E-state index is 0. The van der Waals surface area contributed by atoms with Gasteiger partial charge in [-0.15, -0.1) is 11.6 Å². The molecule has 6 aromatic rings. The molecule has 0 bridgehead atoms. The van der Waals surface area contributed by atoms with Crippen LogP contribution in [0, 0.1) is 13.8 Å². The van der Waals surface area contributed by atoms with Gasteiger partial charge in [0, 0.05) is 16.0 Å². The van der Waals surface area contributed by atoms with Gasteiger partial charge in [0.15, 0.2) is 9.84 Å². The number of oxazole rings is 2. The van der Waals surface area contributed by atoms with Gasteiger partial charge in [0.05, 0.1) is 58.6 Å². The van der Waals surface area contributed by atoms with Crippen LogP contribution in [-0.2, 0) is 54.4 Å². The summed E-state index contributed by atoms with van der Waals surface area (Å²) >= 11 is 3.25. The van der Waals surface area contributed by atoms with E-state index in [1.54, 1.807) is 36.4 Å². The minimum Gasteiger partial charge on any atom is -0.768 e. The first kappa shape index (κ1) is 53.9. The topological polar surface area (TPSA) is 179 Å². The number of hydrogen-bond donors (Lipinski definition) is 0. The molecule has 0 aliphatic rings. The Labute approximate surface area is 377 Å². The number of alkyl halides is 7. The normalized spacial score (nSPS) is 11.6. The molecule has 0 saturated heterocycles. The molecule has 4 aromatic carbocycles. The third-order valence-corrected chi connectivity index (χ3v) is 10.8. The van der Waals surface area contributed by atoms with Crippen LogP contribution in [0.25, 0.3) is 22.9 Å². The van der Waals surface area contributed by atoms with Gasteiger partial charge in [0.1, 0.15) is 17.3 Å². The maximum atomic E-state index is 12.7. The molecule has 0 radical (unpaired) electrons. The Bertz CT molecular complexity index is 2580. The predicted octanol–water partition coefficient (Wildman–Crippen LogP) is 7.19. The van der Waals surface area contributed by atoms with Crippen LogP contribution in [0.5, 0.6) is 0 Å². The molecule has 2 heterocycles. The van der Waals surface area contributed by atoms with Crippen molar-refractivity contribution in [3.63, 3.8) is 0 Å². The summed E-state index contributed by atoms with van der Waals surface area (Å²) in [5, 5.41) is 0. The molecule has 63 heavy (non-hydrogen) atoms. The summed E-state index contributed by atoms with van der Waals surface area (Å²) in [5.41, 5.74) is 1.20. The Morgan fingerprint density at radius 3 is 1.38 bits per heavy atom. The number of methoxy groups -OCH3 is 2. The van der Waals surface area contributed by atoms with Crippen LogP contribution in [0.1, 0.15) is 62.2 Å². The molecule has 22 heteroatoms. The standard InChI is InChI=1S/C20H16F3NO5S.C13H12ClNO3.C7H5F3O2S.CH4.Li/c1-12-17(11-30(26,27)16-9-7-15(8-10-16)20(21,22)23)24-18(29-12)13-3-5-14(6-4-13)19(25)28-2;1-8-11(7-14)15-12(18-8)9-3-5-10(6-4-9)13(16)17-2;8-7(9,10)5-1-3-6(4-2-5)13(11)12;;/h3-10H,11H2,1-2H3;3-6H,7H2,1-2H3;1-4H,(H,11,12);1H4;/q;;;;+1/p-1. The van der Waals surface area contributed by atoms with E-state index in [9.17, 15) is 53.1 Å². The largest absolute Gasteiger partial charge is 1.00 e. The van der Waals surface area contributed by atoms with Crippen molar-refractivity contribution in [3.05, 3.63) is 142 Å². The average Bonchev–Trinajstić information content (AvgIpc) is 3.80. The molecule has 1 atom stereocenters. The zero-order chi connectivity index (χ0) is 45.3. The first-order chi connectivity index (χ1) is 28.6. The number of esters is 2. The van der Waals surface area contributed by atoms with Crippen LogP contribution >= 0.6 is 11.6 Å². The van der Waals surface area contributed by atoms with E-state index in [0.29, 0.717) is 34.2 Å². The summed E-state index contributed by atoms with van der Waals surface area (Å²) < 4.78 is 140. The van der Waals surface area contributed by atoms with Crippen LogP contribution in [0.3, 0.4) is 0 Å². The second-order valence-electron chi connectivity index (χ2n) is 12.4. The molecule has 0 amide bonds. The fourth-order valence-corrected chi connectivity index (χ4v) is 6.92. The zero-order valence-corrected chi connectivity index (χ0v) is 35.5. The van der Waals surface area contributed by atoms with Gasteiger partial charge in [-0.1, -0.05) is 7.43 Å². The van der Waals surface area contributed by atoms with Crippen molar-refractivity contribution in [2.75, 3.05) is 14.2 Å². The van der Waals surface area contributed by atoms with E-state index in [-0.39, 0.29) is 59.4 Å². The minimum atomic E-state index is -4.55. The molecular formula is C41H36ClF6LiN2O10S2. The van der Waals surface area contributed by atoms with Gasteiger partial charge < -0.3 is 22.9 Å². The Kier molecular flexibility index (Phi) is 19.6. The number of carbonyl (C=O) groups excluding carboxylic acids is 2. The smallest absolute Gasteiger partial charge is 0.768 e. The number of rotatable bonds is 9. The number of halogens is 7. The summed E-state index contributed by atoms with van der Waals surface area (Å²) in [7, 11) is -1.33. The van der Waals surface area contributed by atoms with E-state index < -0.39 is 56.1 Å². The first-order valence-corrected chi connectivity index (χ1v) is 20.4. The number of nitrogens with zero attached hydrogens (tertiary/aromatic N) is 2. The second-order valence-corrected chi connectivity index (χ2v) is 15.6. The summed E-state index contributed by atoms with van der Waals surface area (Å²) in [4.78, 5) is 30.9. The summed E-state index contributed by atoms with van der Waals surface area (Å²) in [5.74, 6) is 0.527. The van der Waals surface area contributed by atoms with Crippen molar-refractivity contribution in [2.24, 2.45) is 0 Å². The molecule has 12 nitrogen and oxygen atoms in total. The number of sulfone groups is 1. The molecule has 6 rings (SSSR count). The third-order valence-electron chi connectivity index (χ3n) is 8.26. The van der Waals surface area contributed by atoms with Crippen LogP contribution in [0.4, 0.5) is 26.3 Å². The van der Waals surface area contributed by atoms with Crippen LogP contribution < -0.4 is 18.9 Å². The Morgan fingerprint density at radius 1 is 0.683 bits per heavy atom. The van der Waals surface area contributed by atoms with Gasteiger partial charge in [-0.3, -0.25) is 4.21 Å². The van der Waals surface area contributed by atoms with Gasteiger partial charge in [-0.2, -0.15) is 26.3 Å². The molecule has 1 unspecified atom stereocenters. The maximum Gasteiger partial charge on any atom is 1.00 e. The Balaban J connectivity index is 0.000000352. The van der Waals surface area contributed by atoms with E-state index >= 15 is 0 Å². The summed E-state index contributed by atoms with van der Waals surface area (Å²) in [6.45, 7) is 3.36. The van der Waals surface area contributed by atoms with Crippen LogP contribution in [0.15, 0.2) is 116 Å². The molecule has 0 aliphatic heterocycles. The number of carbonyl (C=O) groups is 2. The van der Waals surface area contributed by atoms with Gasteiger partial charge in [0.25, 0.3) is 0 Å². The van der Waals surface area contributed by atoms with E-state index in [2.05, 4.69) is 19.4 Å². The molecule has 0 spiro atoms. The Hall–Kier alpha value is -5.23. The number of aryl methyl sites for hydroxylation is 2. The fraction of sp³-hybridized carbons (Fsp3) is 0.220. The fourth-order valence-electron chi connectivity index (χ4n) is 4.96. The van der Waals surface area contributed by atoms with E-state index in [1.165, 1.54) is 33.3 Å². The first-order valence-electron chi connectivity index (χ1n) is 17.1. The van der Waals surface area contributed by atoms with Gasteiger partial charge in [-0.25, -0.2) is 28.0 Å². The van der Waals surface area contributed by atoms with Crippen LogP contribution in [0.2, 0.25) is 0 Å². The number of aromatic nitrogens is 2. The van der Waals surface area contributed by atoms with Crippen molar-refractivity contribution in [1.29, 1.82) is 0 Å². The average molecular weight is 937 g/mol. The van der Waals surface area contributed by atoms with Crippen molar-refractivity contribution in [1.82, 2.24) is 9.97 Å². The number of hydrogen-bond acceptors (Lipinski definition) is 12. The molecule has 332 valence electrons. The SMILES string of the molecule is C.COC(=O)c1ccc(-c2nc(CCl)c(C)o2)cc1.COC(=O)c1ccc(-c2nc(CS(=O)(=O)c3ccc(C(F)(F)F)cc3)c(C)o2)cc1.O=S([O-])c1ccc(C(F)(F)F)cc1.[Li+]. The number of benzene rings is 4. The van der Waals surface area contributed by atoms with Gasteiger partial charge in [-0.05, 0) is 122 Å². The molecule has 0 fully saturated rings. The third kappa shape index (κ3) is 14.7.